The molecule has 82 valence electrons. The second kappa shape index (κ2) is 5.08. The molecule has 1 aliphatic rings. The number of hydrogen-bond acceptors (Lipinski definition) is 3. The maximum atomic E-state index is 5.91. The highest BCUT2D eigenvalue weighted by Crippen LogP contribution is 2.27. The Balaban J connectivity index is 2.16. The molecule has 1 atom stereocenters. The maximum absolute atomic E-state index is 5.91. The fourth-order valence-corrected chi connectivity index (χ4v) is 2.81. The Hall–Kier alpha value is -0.410. The van der Waals surface area contributed by atoms with E-state index in [1.165, 1.54) is 6.42 Å². The number of anilines is 1. The number of nitrogens with zero attached hydrogens (tertiary/aromatic N) is 2. The predicted molar refractivity (Wildman–Crippen MR) is 67.9 cm³/mol. The lowest BCUT2D eigenvalue weighted by Gasteiger charge is -2.19. The minimum Gasteiger partial charge on any atom is -0.355 e. The first-order valence-corrected chi connectivity index (χ1v) is 6.95. The van der Waals surface area contributed by atoms with Gasteiger partial charge in [0, 0.05) is 30.1 Å². The van der Waals surface area contributed by atoms with E-state index in [4.69, 9.17) is 11.6 Å². The van der Waals surface area contributed by atoms with Crippen molar-refractivity contribution in [3.8, 4) is 0 Å². The SMILES string of the molecule is CSC1CCN(c2ncccc2CCl)C1. The first kappa shape index (κ1) is 11.1. The van der Waals surface area contributed by atoms with Gasteiger partial charge >= 0.3 is 0 Å². The minimum atomic E-state index is 0.545. The quantitative estimate of drug-likeness (QED) is 0.759. The predicted octanol–water partition coefficient (Wildman–Crippen LogP) is 2.76. The van der Waals surface area contributed by atoms with Crippen molar-refractivity contribution in [1.29, 1.82) is 0 Å². The van der Waals surface area contributed by atoms with Crippen molar-refractivity contribution in [2.45, 2.75) is 17.6 Å². The number of pyridine rings is 1. The summed E-state index contributed by atoms with van der Waals surface area (Å²) in [7, 11) is 0. The molecule has 2 rings (SSSR count). The van der Waals surface area contributed by atoms with Crippen LogP contribution in [0, 0.1) is 0 Å². The van der Waals surface area contributed by atoms with Crippen molar-refractivity contribution in [1.82, 2.24) is 4.98 Å². The Morgan fingerprint density at radius 3 is 3.20 bits per heavy atom. The monoisotopic (exact) mass is 242 g/mol. The summed E-state index contributed by atoms with van der Waals surface area (Å²) in [6.45, 7) is 2.20. The van der Waals surface area contributed by atoms with Crippen LogP contribution in [-0.2, 0) is 5.88 Å². The van der Waals surface area contributed by atoms with E-state index in [1.54, 1.807) is 0 Å². The second-order valence-electron chi connectivity index (χ2n) is 3.71. The first-order chi connectivity index (χ1) is 7.35. The zero-order valence-corrected chi connectivity index (χ0v) is 10.4. The molecule has 0 saturated carbocycles. The molecule has 2 nitrogen and oxygen atoms in total. The molecule has 1 fully saturated rings. The molecule has 0 N–H and O–H groups in total. The largest absolute Gasteiger partial charge is 0.355 e. The lowest BCUT2D eigenvalue weighted by molar-refractivity contribution is 0.927. The van der Waals surface area contributed by atoms with Crippen LogP contribution in [0.15, 0.2) is 18.3 Å². The summed E-state index contributed by atoms with van der Waals surface area (Å²) >= 11 is 7.85. The molecule has 1 aromatic rings. The van der Waals surface area contributed by atoms with Gasteiger partial charge in [0.1, 0.15) is 5.82 Å². The Morgan fingerprint density at radius 2 is 2.53 bits per heavy atom. The highest BCUT2D eigenvalue weighted by atomic mass is 35.5. The molecule has 0 amide bonds. The molecule has 15 heavy (non-hydrogen) atoms. The Labute approximate surface area is 100 Å². The van der Waals surface area contributed by atoms with Gasteiger partial charge in [-0.3, -0.25) is 0 Å². The smallest absolute Gasteiger partial charge is 0.132 e. The van der Waals surface area contributed by atoms with Crippen molar-refractivity contribution in [3.63, 3.8) is 0 Å². The van der Waals surface area contributed by atoms with Gasteiger partial charge in [0.05, 0.1) is 5.88 Å². The normalized spacial score (nSPS) is 20.9. The van der Waals surface area contributed by atoms with Crippen LogP contribution >= 0.6 is 23.4 Å². The molecule has 1 saturated heterocycles. The van der Waals surface area contributed by atoms with Gasteiger partial charge in [0.15, 0.2) is 0 Å². The molecule has 0 aromatic carbocycles. The summed E-state index contributed by atoms with van der Waals surface area (Å²) in [6, 6.07) is 4.01. The summed E-state index contributed by atoms with van der Waals surface area (Å²) in [6.07, 6.45) is 5.27. The van der Waals surface area contributed by atoms with E-state index >= 15 is 0 Å². The molecule has 1 aromatic heterocycles. The van der Waals surface area contributed by atoms with E-state index in [2.05, 4.69) is 22.2 Å². The van der Waals surface area contributed by atoms with Crippen LogP contribution in [0.25, 0.3) is 0 Å². The third-order valence-electron chi connectivity index (χ3n) is 2.79. The number of hydrogen-bond donors (Lipinski definition) is 0. The van der Waals surface area contributed by atoms with Crippen molar-refractivity contribution in [3.05, 3.63) is 23.9 Å². The molecule has 1 unspecified atom stereocenters. The van der Waals surface area contributed by atoms with Crippen molar-refractivity contribution >= 4 is 29.2 Å². The van der Waals surface area contributed by atoms with Crippen molar-refractivity contribution in [2.24, 2.45) is 0 Å². The van der Waals surface area contributed by atoms with Crippen LogP contribution in [0.3, 0.4) is 0 Å². The fraction of sp³-hybridized carbons (Fsp3) is 0.545. The van der Waals surface area contributed by atoms with E-state index in [0.29, 0.717) is 5.88 Å². The Bertz CT molecular complexity index is 332. The van der Waals surface area contributed by atoms with Crippen molar-refractivity contribution < 1.29 is 0 Å². The summed E-state index contributed by atoms with van der Waals surface area (Å²) in [5.74, 6) is 1.62. The topological polar surface area (TPSA) is 16.1 Å². The van der Waals surface area contributed by atoms with Gasteiger partial charge in [-0.15, -0.1) is 11.6 Å². The number of halogens is 1. The zero-order valence-electron chi connectivity index (χ0n) is 8.82. The number of rotatable bonds is 3. The highest BCUT2D eigenvalue weighted by molar-refractivity contribution is 7.99. The summed E-state index contributed by atoms with van der Waals surface area (Å²) in [4.78, 5) is 6.78. The highest BCUT2D eigenvalue weighted by Gasteiger charge is 2.23. The van der Waals surface area contributed by atoms with Gasteiger partial charge in [0.25, 0.3) is 0 Å². The Morgan fingerprint density at radius 1 is 1.67 bits per heavy atom. The van der Waals surface area contributed by atoms with Crippen molar-refractivity contribution in [2.75, 3.05) is 24.2 Å². The summed E-state index contributed by atoms with van der Waals surface area (Å²) in [5, 5.41) is 0.746. The maximum Gasteiger partial charge on any atom is 0.132 e. The molecule has 4 heteroatoms. The molecular weight excluding hydrogens is 228 g/mol. The summed E-state index contributed by atoms with van der Waals surface area (Å²) < 4.78 is 0. The average molecular weight is 243 g/mol. The third kappa shape index (κ3) is 2.40. The zero-order chi connectivity index (χ0) is 10.7. The lowest BCUT2D eigenvalue weighted by atomic mass is 10.3. The number of aromatic nitrogens is 1. The van der Waals surface area contributed by atoms with Crippen LogP contribution in [0.1, 0.15) is 12.0 Å². The fourth-order valence-electron chi connectivity index (χ4n) is 1.93. The Kier molecular flexibility index (Phi) is 3.76. The van der Waals surface area contributed by atoms with E-state index in [0.717, 1.165) is 29.7 Å². The van der Waals surface area contributed by atoms with Crippen LogP contribution in [0.4, 0.5) is 5.82 Å². The van der Waals surface area contributed by atoms with Crippen LogP contribution in [0.5, 0.6) is 0 Å². The van der Waals surface area contributed by atoms with Crippen LogP contribution in [0.2, 0.25) is 0 Å². The van der Waals surface area contributed by atoms with E-state index < -0.39 is 0 Å². The minimum absolute atomic E-state index is 0.545. The first-order valence-electron chi connectivity index (χ1n) is 5.12. The molecule has 2 heterocycles. The lowest BCUT2D eigenvalue weighted by Crippen LogP contribution is -2.22. The molecule has 0 aliphatic carbocycles. The molecule has 1 aliphatic heterocycles. The molecule has 0 spiro atoms. The van der Waals surface area contributed by atoms with E-state index in [1.807, 2.05) is 24.0 Å². The molecule has 0 bridgehead atoms. The van der Waals surface area contributed by atoms with Crippen LogP contribution < -0.4 is 4.90 Å². The molecule has 0 radical (unpaired) electrons. The van der Waals surface area contributed by atoms with Gasteiger partial charge in [-0.1, -0.05) is 6.07 Å². The number of thioether (sulfide) groups is 1. The third-order valence-corrected chi connectivity index (χ3v) is 4.13. The average Bonchev–Trinajstić information content (AvgIpc) is 2.77. The van der Waals surface area contributed by atoms with Gasteiger partial charge < -0.3 is 4.90 Å². The second-order valence-corrected chi connectivity index (χ2v) is 5.12. The standard InChI is InChI=1S/C11H15ClN2S/c1-15-10-4-6-14(8-10)11-9(7-12)3-2-5-13-11/h2-3,5,10H,4,6-8H2,1H3. The summed E-state index contributed by atoms with van der Waals surface area (Å²) in [5.41, 5.74) is 1.14. The van der Waals surface area contributed by atoms with Gasteiger partial charge in [-0.05, 0) is 18.7 Å². The van der Waals surface area contributed by atoms with Gasteiger partial charge in [0.2, 0.25) is 0 Å². The molecular formula is C11H15ClN2S. The van der Waals surface area contributed by atoms with Crippen LogP contribution in [-0.4, -0.2) is 29.6 Å². The van der Waals surface area contributed by atoms with E-state index in [-0.39, 0.29) is 0 Å². The van der Waals surface area contributed by atoms with Gasteiger partial charge in [-0.25, -0.2) is 4.98 Å². The van der Waals surface area contributed by atoms with Gasteiger partial charge in [-0.2, -0.15) is 11.8 Å². The number of alkyl halides is 1. The van der Waals surface area contributed by atoms with E-state index in [9.17, 15) is 0 Å².